The predicted octanol–water partition coefficient (Wildman–Crippen LogP) is 3.07. The third-order valence-electron chi connectivity index (χ3n) is 4.52. The van der Waals surface area contributed by atoms with E-state index in [1.54, 1.807) is 12.1 Å². The number of nitrogens with one attached hydrogen (secondary N) is 1. The van der Waals surface area contributed by atoms with Crippen LogP contribution in [0.15, 0.2) is 47.4 Å². The van der Waals surface area contributed by atoms with Crippen LogP contribution < -0.4 is 5.32 Å². The number of piperidine rings is 1. The van der Waals surface area contributed by atoms with Gasteiger partial charge in [-0.1, -0.05) is 24.6 Å². The Morgan fingerprint density at radius 1 is 1.00 bits per heavy atom. The fourth-order valence-corrected chi connectivity index (χ4v) is 4.61. The first-order valence-electron chi connectivity index (χ1n) is 8.71. The molecule has 1 aliphatic heterocycles. The monoisotopic (exact) mass is 394 g/mol. The number of carbonyl (C=O) groups excluding carboxylic acids is 1. The van der Waals surface area contributed by atoms with E-state index in [-0.39, 0.29) is 12.1 Å². The largest absolute Gasteiger partial charge is 0.348 e. The van der Waals surface area contributed by atoms with Crippen LogP contribution in [0.4, 0.5) is 8.78 Å². The van der Waals surface area contributed by atoms with Crippen molar-refractivity contribution in [2.75, 3.05) is 13.1 Å². The second kappa shape index (κ2) is 8.14. The fraction of sp³-hybridized carbons (Fsp3) is 0.316. The van der Waals surface area contributed by atoms with Crippen LogP contribution in [-0.4, -0.2) is 31.7 Å². The molecule has 1 saturated heterocycles. The van der Waals surface area contributed by atoms with Gasteiger partial charge in [-0.3, -0.25) is 4.79 Å². The number of carbonyl (C=O) groups is 1. The maximum absolute atomic E-state index is 14.2. The van der Waals surface area contributed by atoms with Crippen molar-refractivity contribution in [3.63, 3.8) is 0 Å². The van der Waals surface area contributed by atoms with Crippen molar-refractivity contribution in [3.05, 3.63) is 65.2 Å². The SMILES string of the molecule is O=C(NCc1ccccc1F)c1ccc(F)c(S(=O)(=O)N2CCCCC2)c1. The quantitative estimate of drug-likeness (QED) is 0.848. The van der Waals surface area contributed by atoms with Gasteiger partial charge < -0.3 is 5.32 Å². The Morgan fingerprint density at radius 2 is 1.70 bits per heavy atom. The molecule has 144 valence electrons. The fourth-order valence-electron chi connectivity index (χ4n) is 3.01. The van der Waals surface area contributed by atoms with Gasteiger partial charge in [-0.15, -0.1) is 0 Å². The summed E-state index contributed by atoms with van der Waals surface area (Å²) in [6.07, 6.45) is 2.39. The van der Waals surface area contributed by atoms with Crippen LogP contribution in [-0.2, 0) is 16.6 Å². The maximum atomic E-state index is 14.2. The summed E-state index contributed by atoms with van der Waals surface area (Å²) in [6.45, 7) is 0.619. The van der Waals surface area contributed by atoms with Crippen molar-refractivity contribution < 1.29 is 22.0 Å². The molecule has 0 aromatic heterocycles. The molecule has 8 heteroatoms. The summed E-state index contributed by atoms with van der Waals surface area (Å²) in [4.78, 5) is 11.8. The van der Waals surface area contributed by atoms with Crippen LogP contribution in [0.25, 0.3) is 0 Å². The van der Waals surface area contributed by atoms with Crippen LogP contribution in [0.2, 0.25) is 0 Å². The lowest BCUT2D eigenvalue weighted by atomic mass is 10.2. The molecule has 0 spiro atoms. The first kappa shape index (κ1) is 19.4. The molecule has 0 bridgehead atoms. The highest BCUT2D eigenvalue weighted by molar-refractivity contribution is 7.89. The van der Waals surface area contributed by atoms with Gasteiger partial charge in [0.2, 0.25) is 10.0 Å². The van der Waals surface area contributed by atoms with E-state index in [4.69, 9.17) is 0 Å². The third-order valence-corrected chi connectivity index (χ3v) is 6.44. The summed E-state index contributed by atoms with van der Waals surface area (Å²) >= 11 is 0. The van der Waals surface area contributed by atoms with Crippen LogP contribution >= 0.6 is 0 Å². The smallest absolute Gasteiger partial charge is 0.251 e. The summed E-state index contributed by atoms with van der Waals surface area (Å²) in [5, 5.41) is 2.52. The van der Waals surface area contributed by atoms with Gasteiger partial charge in [0, 0.05) is 30.8 Å². The van der Waals surface area contributed by atoms with E-state index in [0.29, 0.717) is 18.7 Å². The van der Waals surface area contributed by atoms with E-state index in [0.717, 1.165) is 31.4 Å². The summed E-state index contributed by atoms with van der Waals surface area (Å²) in [5.41, 5.74) is 0.303. The van der Waals surface area contributed by atoms with Gasteiger partial charge in [-0.05, 0) is 37.1 Å². The molecule has 1 heterocycles. The number of benzene rings is 2. The molecular weight excluding hydrogens is 374 g/mol. The van der Waals surface area contributed by atoms with Gasteiger partial charge in [-0.25, -0.2) is 17.2 Å². The second-order valence-corrected chi connectivity index (χ2v) is 8.29. The van der Waals surface area contributed by atoms with Crippen molar-refractivity contribution in [1.82, 2.24) is 9.62 Å². The summed E-state index contributed by atoms with van der Waals surface area (Å²) in [6, 6.07) is 9.21. The van der Waals surface area contributed by atoms with E-state index in [9.17, 15) is 22.0 Å². The van der Waals surface area contributed by atoms with Gasteiger partial charge in [0.25, 0.3) is 5.91 Å². The first-order valence-corrected chi connectivity index (χ1v) is 10.1. The topological polar surface area (TPSA) is 66.5 Å². The molecule has 0 aliphatic carbocycles. The molecule has 1 aliphatic rings. The van der Waals surface area contributed by atoms with Crippen LogP contribution in [0, 0.1) is 11.6 Å². The predicted molar refractivity (Wildman–Crippen MR) is 96.6 cm³/mol. The number of halogens is 2. The van der Waals surface area contributed by atoms with E-state index in [1.165, 1.54) is 22.5 Å². The third kappa shape index (κ3) is 4.33. The van der Waals surface area contributed by atoms with E-state index >= 15 is 0 Å². The highest BCUT2D eigenvalue weighted by Crippen LogP contribution is 2.24. The number of amides is 1. The summed E-state index contributed by atoms with van der Waals surface area (Å²) in [7, 11) is -4.00. The Bertz CT molecular complexity index is 942. The lowest BCUT2D eigenvalue weighted by molar-refractivity contribution is 0.0950. The normalized spacial score (nSPS) is 15.5. The van der Waals surface area contributed by atoms with E-state index in [2.05, 4.69) is 5.32 Å². The Labute approximate surface area is 157 Å². The number of sulfonamides is 1. The van der Waals surface area contributed by atoms with Crippen molar-refractivity contribution in [2.45, 2.75) is 30.7 Å². The maximum Gasteiger partial charge on any atom is 0.251 e. The molecule has 0 unspecified atom stereocenters. The van der Waals surface area contributed by atoms with Crippen LogP contribution in [0.5, 0.6) is 0 Å². The lowest BCUT2D eigenvalue weighted by Gasteiger charge is -2.26. The van der Waals surface area contributed by atoms with Gasteiger partial charge >= 0.3 is 0 Å². The number of hydrogen-bond donors (Lipinski definition) is 1. The first-order chi connectivity index (χ1) is 12.9. The standard InChI is InChI=1S/C19H20F2N2O3S/c20-16-7-3-2-6-15(16)13-22-19(24)14-8-9-17(21)18(12-14)27(25,26)23-10-4-1-5-11-23/h2-3,6-9,12H,1,4-5,10-11,13H2,(H,22,24). The minimum Gasteiger partial charge on any atom is -0.348 e. The Kier molecular flexibility index (Phi) is 5.86. The van der Waals surface area contributed by atoms with Gasteiger partial charge in [0.15, 0.2) is 0 Å². The van der Waals surface area contributed by atoms with Crippen LogP contribution in [0.1, 0.15) is 35.2 Å². The molecule has 3 rings (SSSR count). The molecule has 1 amide bonds. The van der Waals surface area contributed by atoms with Crippen molar-refractivity contribution in [3.8, 4) is 0 Å². The Morgan fingerprint density at radius 3 is 2.41 bits per heavy atom. The zero-order chi connectivity index (χ0) is 19.4. The molecule has 2 aromatic carbocycles. The molecule has 0 saturated carbocycles. The molecular formula is C19H20F2N2O3S. The number of nitrogens with zero attached hydrogens (tertiary/aromatic N) is 1. The summed E-state index contributed by atoms with van der Waals surface area (Å²) in [5.74, 6) is -1.95. The average Bonchev–Trinajstić information content (AvgIpc) is 2.68. The average molecular weight is 394 g/mol. The Balaban J connectivity index is 1.80. The number of hydrogen-bond acceptors (Lipinski definition) is 3. The summed E-state index contributed by atoms with van der Waals surface area (Å²) < 4.78 is 54.5. The zero-order valence-corrected chi connectivity index (χ0v) is 15.4. The van der Waals surface area contributed by atoms with E-state index in [1.807, 2.05) is 0 Å². The number of rotatable bonds is 5. The highest BCUT2D eigenvalue weighted by atomic mass is 32.2. The molecule has 0 atom stereocenters. The van der Waals surface area contributed by atoms with E-state index < -0.39 is 32.5 Å². The molecule has 1 fully saturated rings. The highest BCUT2D eigenvalue weighted by Gasteiger charge is 2.29. The van der Waals surface area contributed by atoms with Gasteiger partial charge in [-0.2, -0.15) is 4.31 Å². The molecule has 0 radical (unpaired) electrons. The van der Waals surface area contributed by atoms with Crippen molar-refractivity contribution in [1.29, 1.82) is 0 Å². The van der Waals surface area contributed by atoms with Crippen molar-refractivity contribution >= 4 is 15.9 Å². The molecule has 5 nitrogen and oxygen atoms in total. The zero-order valence-electron chi connectivity index (χ0n) is 14.6. The minimum atomic E-state index is -4.00. The molecule has 1 N–H and O–H groups in total. The molecule has 2 aromatic rings. The van der Waals surface area contributed by atoms with Crippen LogP contribution in [0.3, 0.4) is 0 Å². The molecule has 27 heavy (non-hydrogen) atoms. The van der Waals surface area contributed by atoms with Gasteiger partial charge in [0.05, 0.1) is 0 Å². The lowest BCUT2D eigenvalue weighted by Crippen LogP contribution is -2.36. The minimum absolute atomic E-state index is 0.00308. The Hall–Kier alpha value is -2.32. The van der Waals surface area contributed by atoms with Crippen molar-refractivity contribution in [2.24, 2.45) is 0 Å². The van der Waals surface area contributed by atoms with Gasteiger partial charge in [0.1, 0.15) is 16.5 Å². The second-order valence-electron chi connectivity index (χ2n) is 6.38.